The lowest BCUT2D eigenvalue weighted by Crippen LogP contribution is -2.00. The van der Waals surface area contributed by atoms with E-state index in [1.54, 1.807) is 19.2 Å². The van der Waals surface area contributed by atoms with Crippen molar-refractivity contribution in [2.75, 3.05) is 12.8 Å². The van der Waals surface area contributed by atoms with Crippen LogP contribution in [0.3, 0.4) is 0 Å². The molecular formula is C19H13BrClN3O. The minimum Gasteiger partial charge on any atom is -0.496 e. The molecule has 0 aliphatic carbocycles. The van der Waals surface area contributed by atoms with Crippen molar-refractivity contribution < 1.29 is 4.74 Å². The molecule has 0 bridgehead atoms. The highest BCUT2D eigenvalue weighted by Gasteiger charge is 2.14. The lowest BCUT2D eigenvalue weighted by Gasteiger charge is -2.12. The number of anilines is 1. The topological polar surface area (TPSA) is 71.9 Å². The van der Waals surface area contributed by atoms with Gasteiger partial charge in [-0.15, -0.1) is 0 Å². The molecule has 2 N–H and O–H groups in total. The van der Waals surface area contributed by atoms with Gasteiger partial charge in [0.25, 0.3) is 0 Å². The predicted octanol–water partition coefficient (Wildman–Crippen LogP) is 5.29. The van der Waals surface area contributed by atoms with Crippen LogP contribution in [-0.2, 0) is 0 Å². The van der Waals surface area contributed by atoms with Gasteiger partial charge < -0.3 is 10.5 Å². The van der Waals surface area contributed by atoms with Crippen molar-refractivity contribution in [3.63, 3.8) is 0 Å². The second-order valence-electron chi connectivity index (χ2n) is 5.28. The summed E-state index contributed by atoms with van der Waals surface area (Å²) in [5.74, 6) is 0.902. The molecular weight excluding hydrogens is 402 g/mol. The second-order valence-corrected chi connectivity index (χ2v) is 6.57. The molecule has 3 aromatic rings. The minimum absolute atomic E-state index is 0.192. The molecule has 0 radical (unpaired) electrons. The fourth-order valence-corrected chi connectivity index (χ4v) is 3.18. The van der Waals surface area contributed by atoms with Gasteiger partial charge >= 0.3 is 0 Å². The van der Waals surface area contributed by atoms with Crippen LogP contribution in [0.4, 0.5) is 5.82 Å². The standard InChI is InChI=1S/C19H13BrClN3O/c1-25-18-7-4-12(8-16(18)20)14-9-17(24-19(23)15(14)10-22)11-2-5-13(21)6-3-11/h2-9H,1H3,(H2,23,24). The van der Waals surface area contributed by atoms with Crippen LogP contribution in [0.1, 0.15) is 5.56 Å². The van der Waals surface area contributed by atoms with Crippen LogP contribution in [0.15, 0.2) is 53.0 Å². The van der Waals surface area contributed by atoms with Gasteiger partial charge in [-0.2, -0.15) is 5.26 Å². The van der Waals surface area contributed by atoms with Crippen molar-refractivity contribution in [1.29, 1.82) is 5.26 Å². The van der Waals surface area contributed by atoms with Gasteiger partial charge in [-0.3, -0.25) is 0 Å². The molecule has 0 fully saturated rings. The van der Waals surface area contributed by atoms with Crippen molar-refractivity contribution in [3.05, 3.63) is 63.6 Å². The third-order valence-electron chi connectivity index (χ3n) is 3.76. The monoisotopic (exact) mass is 413 g/mol. The number of rotatable bonds is 3. The smallest absolute Gasteiger partial charge is 0.142 e. The summed E-state index contributed by atoms with van der Waals surface area (Å²) in [6.07, 6.45) is 0. The fourth-order valence-electron chi connectivity index (χ4n) is 2.51. The first-order valence-corrected chi connectivity index (χ1v) is 8.51. The zero-order valence-corrected chi connectivity index (χ0v) is 15.6. The molecule has 0 aliphatic rings. The Morgan fingerprint density at radius 3 is 2.40 bits per heavy atom. The van der Waals surface area contributed by atoms with E-state index in [-0.39, 0.29) is 5.82 Å². The molecule has 0 saturated heterocycles. The zero-order chi connectivity index (χ0) is 18.0. The van der Waals surface area contributed by atoms with E-state index in [0.29, 0.717) is 27.6 Å². The Morgan fingerprint density at radius 2 is 1.80 bits per heavy atom. The van der Waals surface area contributed by atoms with Crippen LogP contribution in [0.5, 0.6) is 5.75 Å². The molecule has 1 aromatic heterocycles. The van der Waals surface area contributed by atoms with Crippen LogP contribution >= 0.6 is 27.5 Å². The van der Waals surface area contributed by atoms with E-state index in [9.17, 15) is 5.26 Å². The molecule has 0 amide bonds. The fraction of sp³-hybridized carbons (Fsp3) is 0.0526. The number of ether oxygens (including phenoxy) is 1. The average molecular weight is 415 g/mol. The van der Waals surface area contributed by atoms with Gasteiger partial charge in [-0.25, -0.2) is 4.98 Å². The van der Waals surface area contributed by atoms with E-state index >= 15 is 0 Å². The van der Waals surface area contributed by atoms with Crippen LogP contribution in [0, 0.1) is 11.3 Å². The molecule has 0 saturated carbocycles. The summed E-state index contributed by atoms with van der Waals surface area (Å²) in [4.78, 5) is 4.36. The lowest BCUT2D eigenvalue weighted by atomic mass is 9.98. The second kappa shape index (κ2) is 7.14. The van der Waals surface area contributed by atoms with Crippen molar-refractivity contribution in [1.82, 2.24) is 4.98 Å². The summed E-state index contributed by atoms with van der Waals surface area (Å²) < 4.78 is 6.05. The quantitative estimate of drug-likeness (QED) is 0.631. The number of hydrogen-bond acceptors (Lipinski definition) is 4. The van der Waals surface area contributed by atoms with Gasteiger partial charge in [-0.1, -0.05) is 29.8 Å². The molecule has 2 aromatic carbocycles. The highest BCUT2D eigenvalue weighted by atomic mass is 79.9. The molecule has 3 rings (SSSR count). The maximum absolute atomic E-state index is 9.50. The first kappa shape index (κ1) is 17.3. The lowest BCUT2D eigenvalue weighted by molar-refractivity contribution is 0.412. The SMILES string of the molecule is COc1ccc(-c2cc(-c3ccc(Cl)cc3)nc(N)c2C#N)cc1Br. The summed E-state index contributed by atoms with van der Waals surface area (Å²) in [7, 11) is 1.60. The highest BCUT2D eigenvalue weighted by molar-refractivity contribution is 9.10. The number of nitrogen functional groups attached to an aromatic ring is 1. The molecule has 0 atom stereocenters. The van der Waals surface area contributed by atoms with Crippen molar-refractivity contribution in [3.8, 4) is 34.2 Å². The first-order chi connectivity index (χ1) is 12.0. The predicted molar refractivity (Wildman–Crippen MR) is 103 cm³/mol. The van der Waals surface area contributed by atoms with Crippen molar-refractivity contribution in [2.45, 2.75) is 0 Å². The van der Waals surface area contributed by atoms with E-state index in [1.807, 2.05) is 36.4 Å². The van der Waals surface area contributed by atoms with Gasteiger partial charge in [0, 0.05) is 16.1 Å². The van der Waals surface area contributed by atoms with Crippen molar-refractivity contribution >= 4 is 33.3 Å². The Balaban J connectivity index is 2.19. The Bertz CT molecular complexity index is 981. The van der Waals surface area contributed by atoms with E-state index < -0.39 is 0 Å². The Morgan fingerprint density at radius 1 is 1.12 bits per heavy atom. The molecule has 0 spiro atoms. The van der Waals surface area contributed by atoms with Crippen molar-refractivity contribution in [2.24, 2.45) is 0 Å². The Hall–Kier alpha value is -2.55. The number of pyridine rings is 1. The number of nitriles is 1. The molecule has 1 heterocycles. The average Bonchev–Trinajstić information content (AvgIpc) is 2.61. The number of aromatic nitrogens is 1. The van der Waals surface area contributed by atoms with Crippen LogP contribution in [0.2, 0.25) is 5.02 Å². The Labute approximate surface area is 159 Å². The first-order valence-electron chi connectivity index (χ1n) is 7.34. The molecule has 0 unspecified atom stereocenters. The van der Waals surface area contributed by atoms with Gasteiger partial charge in [0.05, 0.1) is 17.3 Å². The number of nitrogens with zero attached hydrogens (tertiary/aromatic N) is 2. The largest absolute Gasteiger partial charge is 0.496 e. The summed E-state index contributed by atoms with van der Waals surface area (Å²) in [5, 5.41) is 10.1. The third-order valence-corrected chi connectivity index (χ3v) is 4.63. The van der Waals surface area contributed by atoms with Gasteiger partial charge in [0.1, 0.15) is 23.2 Å². The summed E-state index contributed by atoms with van der Waals surface area (Å²) >= 11 is 9.42. The number of hydrogen-bond donors (Lipinski definition) is 1. The number of methoxy groups -OCH3 is 1. The summed E-state index contributed by atoms with van der Waals surface area (Å²) in [6, 6.07) is 16.9. The third kappa shape index (κ3) is 3.46. The molecule has 0 aliphatic heterocycles. The summed E-state index contributed by atoms with van der Waals surface area (Å²) in [5.41, 5.74) is 9.48. The maximum atomic E-state index is 9.50. The van der Waals surface area contributed by atoms with Crippen LogP contribution < -0.4 is 10.5 Å². The molecule has 124 valence electrons. The Kier molecular flexibility index (Phi) is 4.93. The minimum atomic E-state index is 0.192. The molecule has 6 heteroatoms. The van der Waals surface area contributed by atoms with Gasteiger partial charge in [-0.05, 0) is 51.8 Å². The normalized spacial score (nSPS) is 10.3. The maximum Gasteiger partial charge on any atom is 0.142 e. The van der Waals surface area contributed by atoms with E-state index in [4.69, 9.17) is 22.1 Å². The number of benzene rings is 2. The van der Waals surface area contributed by atoms with E-state index in [1.165, 1.54) is 0 Å². The van der Waals surface area contributed by atoms with Gasteiger partial charge in [0.15, 0.2) is 0 Å². The van der Waals surface area contributed by atoms with Gasteiger partial charge in [0.2, 0.25) is 0 Å². The van der Waals surface area contributed by atoms with Crippen LogP contribution in [0.25, 0.3) is 22.4 Å². The van der Waals surface area contributed by atoms with Crippen LogP contribution in [-0.4, -0.2) is 12.1 Å². The molecule has 4 nitrogen and oxygen atoms in total. The van der Waals surface area contributed by atoms with E-state index in [0.717, 1.165) is 15.6 Å². The zero-order valence-electron chi connectivity index (χ0n) is 13.3. The molecule has 25 heavy (non-hydrogen) atoms. The summed E-state index contributed by atoms with van der Waals surface area (Å²) in [6.45, 7) is 0. The number of halogens is 2. The highest BCUT2D eigenvalue weighted by Crippen LogP contribution is 2.35. The van der Waals surface area contributed by atoms with E-state index in [2.05, 4.69) is 27.0 Å². The number of nitrogens with two attached hydrogens (primary N) is 1.